The van der Waals surface area contributed by atoms with Gasteiger partial charge in [0.2, 0.25) is 5.91 Å². The van der Waals surface area contributed by atoms with E-state index in [-0.39, 0.29) is 49.6 Å². The largest absolute Gasteiger partial charge is 0.460 e. The molecule has 0 aromatic heterocycles. The SMILES string of the molecule is CCC(C)(C)OC(=O)CCCC(C)(C)C(C)(C)OC(=O)C(CCCSCCC(=O)NCCCC(O)(P(=O)(O)O)P(=O)(O)O)CCCC(C)(C)O. The van der Waals surface area contributed by atoms with Gasteiger partial charge in [-0.25, -0.2) is 0 Å². The number of rotatable bonds is 26. The van der Waals surface area contributed by atoms with Crippen molar-refractivity contribution in [3.05, 3.63) is 0 Å². The minimum absolute atomic E-state index is 0.125. The Morgan fingerprint density at radius 3 is 1.82 bits per heavy atom. The fraction of sp³-hybridized carbons (Fsp3) is 0.909. The summed E-state index contributed by atoms with van der Waals surface area (Å²) in [5, 5.41) is 19.1. The summed E-state index contributed by atoms with van der Waals surface area (Å²) in [6, 6.07) is 0. The minimum Gasteiger partial charge on any atom is -0.460 e. The van der Waals surface area contributed by atoms with Crippen molar-refractivity contribution in [1.29, 1.82) is 0 Å². The fourth-order valence-corrected chi connectivity index (χ4v) is 8.00. The zero-order valence-corrected chi connectivity index (χ0v) is 34.1. The first-order valence-corrected chi connectivity index (χ1v) is 21.7. The molecular weight excluding hydrogens is 712 g/mol. The summed E-state index contributed by atoms with van der Waals surface area (Å²) >= 11 is 1.51. The summed E-state index contributed by atoms with van der Waals surface area (Å²) in [6.45, 7) is 16.8. The molecular formula is C33H65NO13P2S. The van der Waals surface area contributed by atoms with Gasteiger partial charge in [-0.15, -0.1) is 0 Å². The maximum Gasteiger partial charge on any atom is 0.369 e. The number of amides is 1. The molecule has 0 aliphatic heterocycles. The van der Waals surface area contributed by atoms with Gasteiger partial charge < -0.3 is 44.6 Å². The number of carbonyl (C=O) groups excluding carboxylic acids is 3. The molecule has 0 aliphatic rings. The van der Waals surface area contributed by atoms with Gasteiger partial charge in [-0.2, -0.15) is 11.8 Å². The third-order valence-electron chi connectivity index (χ3n) is 9.34. The Labute approximate surface area is 302 Å². The predicted octanol–water partition coefficient (Wildman–Crippen LogP) is 5.60. The first-order chi connectivity index (χ1) is 22.5. The van der Waals surface area contributed by atoms with E-state index in [1.807, 2.05) is 48.5 Å². The lowest BCUT2D eigenvalue weighted by atomic mass is 9.73. The summed E-state index contributed by atoms with van der Waals surface area (Å²) in [5.74, 6) is -0.186. The molecule has 14 nitrogen and oxygen atoms in total. The highest BCUT2D eigenvalue weighted by Gasteiger charge is 2.58. The summed E-state index contributed by atoms with van der Waals surface area (Å²) in [7, 11) is -11.1. The summed E-state index contributed by atoms with van der Waals surface area (Å²) in [6.07, 6.45) is 4.13. The maximum absolute atomic E-state index is 13.5. The van der Waals surface area contributed by atoms with Crippen molar-refractivity contribution in [2.45, 2.75) is 161 Å². The van der Waals surface area contributed by atoms with E-state index in [2.05, 4.69) is 5.32 Å². The van der Waals surface area contributed by atoms with Crippen LogP contribution in [0.2, 0.25) is 0 Å². The number of thioether (sulfide) groups is 1. The first kappa shape index (κ1) is 49.0. The molecule has 0 spiro atoms. The molecule has 0 bridgehead atoms. The lowest BCUT2D eigenvalue weighted by Crippen LogP contribution is -2.44. The van der Waals surface area contributed by atoms with Crippen LogP contribution in [0.4, 0.5) is 0 Å². The highest BCUT2D eigenvalue weighted by atomic mass is 32.2. The molecule has 1 unspecified atom stereocenters. The van der Waals surface area contributed by atoms with Crippen LogP contribution in [0.25, 0.3) is 0 Å². The fourth-order valence-electron chi connectivity index (χ4n) is 4.84. The summed E-state index contributed by atoms with van der Waals surface area (Å²) < 4.78 is 34.6. The highest BCUT2D eigenvalue weighted by molar-refractivity contribution is 7.99. The van der Waals surface area contributed by atoms with Crippen LogP contribution < -0.4 is 5.32 Å². The molecule has 7 N–H and O–H groups in total. The van der Waals surface area contributed by atoms with Crippen molar-refractivity contribution < 1.29 is 62.8 Å². The molecule has 0 radical (unpaired) electrons. The van der Waals surface area contributed by atoms with Crippen LogP contribution in [-0.2, 0) is 33.0 Å². The van der Waals surface area contributed by atoms with Crippen LogP contribution >= 0.6 is 27.0 Å². The number of hydrogen-bond donors (Lipinski definition) is 7. The number of carbonyl (C=O) groups is 3. The van der Waals surface area contributed by atoms with Gasteiger partial charge >= 0.3 is 27.1 Å². The molecule has 0 rings (SSSR count). The first-order valence-electron chi connectivity index (χ1n) is 17.4. The number of ether oxygens (including phenoxy) is 2. The normalized spacial score (nSPS) is 14.3. The quantitative estimate of drug-likeness (QED) is 0.0322. The molecule has 0 aromatic rings. The average molecular weight is 778 g/mol. The third-order valence-corrected chi connectivity index (χ3v) is 14.3. The van der Waals surface area contributed by atoms with Crippen molar-refractivity contribution in [3.8, 4) is 0 Å². The van der Waals surface area contributed by atoms with Crippen LogP contribution in [0.1, 0.15) is 139 Å². The lowest BCUT2D eigenvalue weighted by molar-refractivity contribution is -0.175. The molecule has 17 heteroatoms. The number of aliphatic hydroxyl groups is 2. The third kappa shape index (κ3) is 18.1. The van der Waals surface area contributed by atoms with E-state index in [4.69, 9.17) is 9.47 Å². The smallest absolute Gasteiger partial charge is 0.369 e. The molecule has 0 saturated heterocycles. The Balaban J connectivity index is 4.95. The van der Waals surface area contributed by atoms with E-state index in [9.17, 15) is 53.3 Å². The van der Waals surface area contributed by atoms with Gasteiger partial charge in [0.15, 0.2) is 0 Å². The van der Waals surface area contributed by atoms with E-state index in [0.29, 0.717) is 62.9 Å². The molecule has 0 aromatic carbocycles. The van der Waals surface area contributed by atoms with Crippen LogP contribution in [-0.4, -0.2) is 87.6 Å². The molecule has 1 atom stereocenters. The second-order valence-electron chi connectivity index (χ2n) is 15.5. The second kappa shape index (κ2) is 20.4. The van der Waals surface area contributed by atoms with E-state index >= 15 is 0 Å². The lowest BCUT2D eigenvalue weighted by Gasteiger charge is -2.42. The Morgan fingerprint density at radius 2 is 1.30 bits per heavy atom. The standard InChI is InChI=1S/C33H65NO13P2S/c1-10-31(6,7)46-27(36)17-12-19-29(2,3)32(8,9)47-28(37)25(15-11-20-30(4,5)38)16-13-23-50-24-18-26(35)34-22-14-21-33(39,48(40,41)42)49(43,44)45/h25,38-39H,10-24H2,1-9H3,(H,34,35)(H2,40,41,42)(H2,43,44,45). The van der Waals surface area contributed by atoms with Gasteiger partial charge in [0.25, 0.3) is 5.08 Å². The highest BCUT2D eigenvalue weighted by Crippen LogP contribution is 2.69. The molecule has 0 fully saturated rings. The molecule has 296 valence electrons. The Morgan fingerprint density at radius 1 is 0.740 bits per heavy atom. The van der Waals surface area contributed by atoms with Crippen LogP contribution in [0, 0.1) is 11.3 Å². The molecule has 0 saturated carbocycles. The van der Waals surface area contributed by atoms with Gasteiger partial charge in [0.1, 0.15) is 11.2 Å². The minimum atomic E-state index is -5.54. The number of esters is 2. The second-order valence-corrected chi connectivity index (χ2v) is 20.7. The Bertz CT molecular complexity index is 1150. The van der Waals surface area contributed by atoms with Gasteiger partial charge in [0.05, 0.1) is 11.5 Å². The molecule has 0 aliphatic carbocycles. The van der Waals surface area contributed by atoms with Crippen LogP contribution in [0.15, 0.2) is 0 Å². The van der Waals surface area contributed by atoms with E-state index in [1.165, 1.54) is 11.8 Å². The van der Waals surface area contributed by atoms with Gasteiger partial charge in [0, 0.05) is 37.0 Å². The number of nitrogens with one attached hydrogen (secondary N) is 1. The van der Waals surface area contributed by atoms with Gasteiger partial charge in [-0.05, 0) is 105 Å². The number of hydrogen-bond acceptors (Lipinski definition) is 10. The van der Waals surface area contributed by atoms with E-state index < -0.39 is 48.9 Å². The monoisotopic (exact) mass is 777 g/mol. The Kier molecular flexibility index (Phi) is 20.0. The van der Waals surface area contributed by atoms with Crippen LogP contribution in [0.3, 0.4) is 0 Å². The van der Waals surface area contributed by atoms with Crippen LogP contribution in [0.5, 0.6) is 0 Å². The van der Waals surface area contributed by atoms with E-state index in [1.54, 1.807) is 13.8 Å². The van der Waals surface area contributed by atoms with Gasteiger partial charge in [-0.1, -0.05) is 20.8 Å². The zero-order valence-electron chi connectivity index (χ0n) is 31.5. The van der Waals surface area contributed by atoms with Crippen molar-refractivity contribution in [1.82, 2.24) is 5.32 Å². The Hall–Kier alpha value is -1.02. The van der Waals surface area contributed by atoms with Crippen molar-refractivity contribution in [3.63, 3.8) is 0 Å². The van der Waals surface area contributed by atoms with E-state index in [0.717, 1.165) is 0 Å². The summed E-state index contributed by atoms with van der Waals surface area (Å²) in [4.78, 5) is 74.8. The topological polar surface area (TPSA) is 237 Å². The maximum atomic E-state index is 13.5. The predicted molar refractivity (Wildman–Crippen MR) is 194 cm³/mol. The van der Waals surface area contributed by atoms with Crippen molar-refractivity contribution in [2.24, 2.45) is 11.3 Å². The zero-order chi connectivity index (χ0) is 39.2. The molecule has 50 heavy (non-hydrogen) atoms. The average Bonchev–Trinajstić information content (AvgIpc) is 2.93. The molecule has 0 heterocycles. The van der Waals surface area contributed by atoms with Crippen molar-refractivity contribution >= 4 is 44.8 Å². The summed E-state index contributed by atoms with van der Waals surface area (Å²) in [5.41, 5.74) is -2.62. The van der Waals surface area contributed by atoms with Crippen molar-refractivity contribution in [2.75, 3.05) is 18.1 Å². The molecule has 1 amide bonds. The van der Waals surface area contributed by atoms with Gasteiger partial charge in [-0.3, -0.25) is 23.5 Å².